The van der Waals surface area contributed by atoms with Gasteiger partial charge in [0.1, 0.15) is 11.1 Å². The number of azo groups is 1. The number of quaternary nitrogens is 2. The lowest BCUT2D eigenvalue weighted by Gasteiger charge is -2.41. The first-order valence-corrected chi connectivity index (χ1v) is 15.3. The summed E-state index contributed by atoms with van der Waals surface area (Å²) in [7, 11) is 0. The van der Waals surface area contributed by atoms with Gasteiger partial charge in [-0.15, -0.1) is 11.3 Å². The van der Waals surface area contributed by atoms with Crippen LogP contribution in [0.1, 0.15) is 63.1 Å². The van der Waals surface area contributed by atoms with E-state index in [0.29, 0.717) is 21.1 Å². The number of nitrogens with zero attached hydrogens (tertiary/aromatic N) is 7. The van der Waals surface area contributed by atoms with Crippen LogP contribution in [0.2, 0.25) is 0 Å². The molecule has 2 rings (SSSR count). The molecule has 1 aromatic carbocycles. The van der Waals surface area contributed by atoms with E-state index in [1.165, 1.54) is 22.6 Å². The molecule has 0 N–H and O–H groups in total. The molecular weight excluding hydrogens is 502 g/mol. The summed E-state index contributed by atoms with van der Waals surface area (Å²) in [6, 6.07) is 6.54. The molecule has 0 fully saturated rings. The predicted molar refractivity (Wildman–Crippen MR) is 166 cm³/mol. The number of anilines is 1. The first kappa shape index (κ1) is 32.4. The topological polar surface area (TPSA) is 56.1 Å². The Morgan fingerprint density at radius 2 is 1.36 bits per heavy atom. The van der Waals surface area contributed by atoms with Gasteiger partial charge in [-0.2, -0.15) is 15.5 Å². The second-order valence-electron chi connectivity index (χ2n) is 10.6. The molecule has 0 atom stereocenters. The van der Waals surface area contributed by atoms with Gasteiger partial charge in [0, 0.05) is 5.69 Å². The van der Waals surface area contributed by atoms with E-state index < -0.39 is 0 Å². The van der Waals surface area contributed by atoms with Gasteiger partial charge < -0.3 is 13.9 Å². The van der Waals surface area contributed by atoms with E-state index >= 15 is 0 Å². The Kier molecular flexibility index (Phi) is 12.1. The second-order valence-corrected chi connectivity index (χ2v) is 11.6. The third-order valence-corrected chi connectivity index (χ3v) is 10.2. The summed E-state index contributed by atoms with van der Waals surface area (Å²) < 4.78 is 2.26. The van der Waals surface area contributed by atoms with E-state index in [2.05, 4.69) is 93.6 Å². The first-order valence-electron chi connectivity index (χ1n) is 14.5. The Balaban J connectivity index is 2.45. The van der Waals surface area contributed by atoms with Gasteiger partial charge in [0.25, 0.3) is 0 Å². The van der Waals surface area contributed by atoms with Crippen LogP contribution in [0.25, 0.3) is 4.85 Å². The van der Waals surface area contributed by atoms with Crippen molar-refractivity contribution in [2.24, 2.45) is 10.2 Å². The molecule has 0 unspecified atom stereocenters. The number of hydrogen-bond acceptors (Lipinski definition) is 5. The zero-order valence-corrected chi connectivity index (χ0v) is 26.6. The Hall–Kier alpha value is -2.78. The average molecular weight is 552 g/mol. The van der Waals surface area contributed by atoms with Crippen LogP contribution in [0.4, 0.5) is 22.1 Å². The van der Waals surface area contributed by atoms with Crippen molar-refractivity contribution in [1.29, 1.82) is 5.26 Å². The molecule has 212 valence electrons. The van der Waals surface area contributed by atoms with Crippen molar-refractivity contribution in [3.8, 4) is 6.07 Å². The van der Waals surface area contributed by atoms with Crippen molar-refractivity contribution in [3.63, 3.8) is 0 Å². The van der Waals surface area contributed by atoms with Crippen molar-refractivity contribution >= 4 is 33.4 Å². The fourth-order valence-electron chi connectivity index (χ4n) is 5.44. The molecule has 0 amide bonds. The largest absolute Gasteiger partial charge is 0.360 e. The smallest absolute Gasteiger partial charge is 0.229 e. The standard InChI is InChI=1S/C31H49N7S/c1-11-37(12-2,13-3)19-17-36(18-20-38(14-4,15-5)16-6)28-22-24(7)27(21-25(28)8)34-35-31-30(33-10)26(9)29(23-32)39-31/h21-22H,11-20H2,1-9H3/q+2. The third-order valence-electron chi connectivity index (χ3n) is 9.13. The molecule has 0 saturated carbocycles. The molecule has 0 saturated heterocycles. The van der Waals surface area contributed by atoms with Crippen LogP contribution >= 0.6 is 11.3 Å². The highest BCUT2D eigenvalue weighted by Gasteiger charge is 2.26. The highest BCUT2D eigenvalue weighted by molar-refractivity contribution is 7.17. The number of rotatable bonds is 15. The molecule has 8 heteroatoms. The lowest BCUT2D eigenvalue weighted by atomic mass is 10.1. The van der Waals surface area contributed by atoms with Crippen LogP contribution in [0.15, 0.2) is 22.4 Å². The maximum atomic E-state index is 9.36. The van der Waals surface area contributed by atoms with Gasteiger partial charge in [-0.3, -0.25) is 0 Å². The lowest BCUT2D eigenvalue weighted by molar-refractivity contribution is -0.923. The van der Waals surface area contributed by atoms with Gasteiger partial charge in [0.05, 0.1) is 82.6 Å². The zero-order chi connectivity index (χ0) is 29.2. The van der Waals surface area contributed by atoms with Crippen LogP contribution in [0, 0.1) is 38.7 Å². The summed E-state index contributed by atoms with van der Waals surface area (Å²) in [6.07, 6.45) is 0. The Labute approximate surface area is 241 Å². The number of hydrogen-bond donors (Lipinski definition) is 0. The van der Waals surface area contributed by atoms with E-state index in [4.69, 9.17) is 6.57 Å². The normalized spacial score (nSPS) is 12.1. The van der Waals surface area contributed by atoms with E-state index in [-0.39, 0.29) is 0 Å². The highest BCUT2D eigenvalue weighted by Crippen LogP contribution is 2.42. The summed E-state index contributed by atoms with van der Waals surface area (Å²) in [5.74, 6) is 0. The molecule has 7 nitrogen and oxygen atoms in total. The molecule has 1 heterocycles. The van der Waals surface area contributed by atoms with Gasteiger partial charge in [-0.05, 0) is 91.1 Å². The number of nitriles is 1. The molecule has 1 aromatic heterocycles. The quantitative estimate of drug-likeness (QED) is 0.128. The molecule has 0 radical (unpaired) electrons. The fourth-order valence-corrected chi connectivity index (χ4v) is 6.30. The molecule has 0 aliphatic heterocycles. The Morgan fingerprint density at radius 1 is 0.846 bits per heavy atom. The van der Waals surface area contributed by atoms with Gasteiger partial charge in [-0.25, -0.2) is 4.85 Å². The minimum Gasteiger partial charge on any atom is -0.360 e. The number of benzene rings is 1. The highest BCUT2D eigenvalue weighted by atomic mass is 32.1. The Bertz CT molecular complexity index is 1170. The van der Waals surface area contributed by atoms with E-state index in [0.717, 1.165) is 85.7 Å². The van der Waals surface area contributed by atoms with Crippen molar-refractivity contribution < 1.29 is 8.97 Å². The molecule has 0 spiro atoms. The minimum atomic E-state index is 0.422. The summed E-state index contributed by atoms with van der Waals surface area (Å²) in [4.78, 5) is 6.72. The zero-order valence-electron chi connectivity index (χ0n) is 25.8. The summed E-state index contributed by atoms with van der Waals surface area (Å²) in [5, 5.41) is 18.8. The van der Waals surface area contributed by atoms with E-state index in [9.17, 15) is 5.26 Å². The fraction of sp³-hybridized carbons (Fsp3) is 0.613. The SMILES string of the molecule is [C-]#[N+]c1c(N=Nc2cc(C)c(N(CC[N+](CC)(CC)CC)CC[N+](CC)(CC)CC)cc2C)sc(C#N)c1C. The van der Waals surface area contributed by atoms with Gasteiger partial charge in [0.15, 0.2) is 0 Å². The van der Waals surface area contributed by atoms with Gasteiger partial charge in [-0.1, -0.05) is 0 Å². The van der Waals surface area contributed by atoms with E-state index in [1.54, 1.807) is 6.92 Å². The molecular formula is C31H49N7S+2. The number of likely N-dealkylation sites (N-methyl/N-ethyl adjacent to an activating group) is 2. The van der Waals surface area contributed by atoms with Crippen LogP contribution in [0.5, 0.6) is 0 Å². The van der Waals surface area contributed by atoms with Crippen LogP contribution in [0.3, 0.4) is 0 Å². The molecule has 0 bridgehead atoms. The van der Waals surface area contributed by atoms with E-state index in [1.807, 2.05) is 0 Å². The third kappa shape index (κ3) is 7.45. The number of aryl methyl sites for hydroxylation is 2. The van der Waals surface area contributed by atoms with Gasteiger partial charge >= 0.3 is 0 Å². The molecule has 0 aliphatic rings. The minimum absolute atomic E-state index is 0.422. The first-order chi connectivity index (χ1) is 18.6. The lowest BCUT2D eigenvalue weighted by Crippen LogP contribution is -2.54. The summed E-state index contributed by atoms with van der Waals surface area (Å²) in [5.41, 5.74) is 5.43. The molecule has 0 aliphatic carbocycles. The van der Waals surface area contributed by atoms with Crippen LogP contribution < -0.4 is 4.90 Å². The number of thiophene rings is 1. The monoisotopic (exact) mass is 551 g/mol. The predicted octanol–water partition coefficient (Wildman–Crippen LogP) is 8.07. The van der Waals surface area contributed by atoms with Gasteiger partial charge in [0.2, 0.25) is 5.69 Å². The van der Waals surface area contributed by atoms with Crippen LogP contribution in [-0.2, 0) is 0 Å². The average Bonchev–Trinajstić information content (AvgIpc) is 3.28. The Morgan fingerprint density at radius 3 is 1.79 bits per heavy atom. The van der Waals surface area contributed by atoms with Crippen molar-refractivity contribution in [2.45, 2.75) is 62.3 Å². The van der Waals surface area contributed by atoms with Crippen LogP contribution in [-0.4, -0.2) is 74.4 Å². The summed E-state index contributed by atoms with van der Waals surface area (Å²) in [6.45, 7) is 38.7. The maximum absolute atomic E-state index is 9.36. The molecule has 2 aromatic rings. The van der Waals surface area contributed by atoms with Crippen molar-refractivity contribution in [1.82, 2.24) is 0 Å². The summed E-state index contributed by atoms with van der Waals surface area (Å²) >= 11 is 1.23. The molecule has 39 heavy (non-hydrogen) atoms. The van der Waals surface area contributed by atoms with Crippen molar-refractivity contribution in [2.75, 3.05) is 70.3 Å². The van der Waals surface area contributed by atoms with Crippen molar-refractivity contribution in [3.05, 3.63) is 45.1 Å². The maximum Gasteiger partial charge on any atom is 0.229 e. The second kappa shape index (κ2) is 14.6.